The Balaban J connectivity index is 1.20. The second kappa shape index (κ2) is 10.4. The van der Waals surface area contributed by atoms with E-state index in [2.05, 4.69) is 74.1 Å². The first-order valence-corrected chi connectivity index (χ1v) is 14.1. The van der Waals surface area contributed by atoms with Crippen LogP contribution in [0.15, 0.2) is 156 Å². The Labute approximate surface area is 248 Å². The molecule has 0 spiro atoms. The van der Waals surface area contributed by atoms with E-state index in [1.807, 2.05) is 97.2 Å². The van der Waals surface area contributed by atoms with Crippen molar-refractivity contribution in [3.63, 3.8) is 0 Å². The molecule has 0 atom stereocenters. The number of rotatable bonds is 6. The van der Waals surface area contributed by atoms with Crippen LogP contribution in [0.3, 0.4) is 0 Å². The average molecular weight is 556 g/mol. The van der Waals surface area contributed by atoms with E-state index in [1.54, 1.807) is 0 Å². The van der Waals surface area contributed by atoms with Crippen LogP contribution in [-0.2, 0) is 0 Å². The standard InChI is InChI=1S/C37H25N5O/c1-4-12-26(13-5-1)34-31(24-25-41-33-19-11-10-18-32(33)38-35(34)41)37-40-39-36(43-37)27-20-22-30(23-21-27)42(28-14-6-2-7-15-28)29-16-8-3-9-17-29/h1-25H. The Kier molecular flexibility index (Phi) is 6.01. The fourth-order valence-electron chi connectivity index (χ4n) is 5.60. The molecule has 0 fully saturated rings. The van der Waals surface area contributed by atoms with E-state index >= 15 is 0 Å². The monoisotopic (exact) mass is 555 g/mol. The van der Waals surface area contributed by atoms with Crippen LogP contribution in [-0.4, -0.2) is 19.6 Å². The molecule has 3 aromatic heterocycles. The third-order valence-corrected chi connectivity index (χ3v) is 7.60. The fraction of sp³-hybridized carbons (Fsp3) is 0. The molecule has 0 aliphatic rings. The molecule has 0 aliphatic carbocycles. The topological polar surface area (TPSA) is 59.5 Å². The minimum atomic E-state index is 0.447. The Morgan fingerprint density at radius 2 is 1.09 bits per heavy atom. The highest BCUT2D eigenvalue weighted by Gasteiger charge is 2.20. The van der Waals surface area contributed by atoms with Crippen molar-refractivity contribution >= 4 is 33.7 Å². The van der Waals surface area contributed by atoms with Gasteiger partial charge in [0.25, 0.3) is 0 Å². The van der Waals surface area contributed by atoms with Gasteiger partial charge in [-0.05, 0) is 72.3 Å². The second-order valence-corrected chi connectivity index (χ2v) is 10.2. The number of hydrogen-bond donors (Lipinski definition) is 0. The van der Waals surface area contributed by atoms with E-state index in [-0.39, 0.29) is 0 Å². The van der Waals surface area contributed by atoms with Gasteiger partial charge in [-0.2, -0.15) is 0 Å². The van der Waals surface area contributed by atoms with Crippen molar-refractivity contribution in [3.8, 4) is 34.0 Å². The minimum absolute atomic E-state index is 0.447. The molecular weight excluding hydrogens is 530 g/mol. The molecule has 6 nitrogen and oxygen atoms in total. The molecule has 0 saturated carbocycles. The van der Waals surface area contributed by atoms with Crippen LogP contribution in [0.2, 0.25) is 0 Å². The number of anilines is 3. The van der Waals surface area contributed by atoms with Crippen LogP contribution >= 0.6 is 0 Å². The van der Waals surface area contributed by atoms with Crippen LogP contribution in [0.5, 0.6) is 0 Å². The lowest BCUT2D eigenvalue weighted by atomic mass is 10.0. The molecule has 5 aromatic carbocycles. The third-order valence-electron chi connectivity index (χ3n) is 7.60. The number of pyridine rings is 1. The van der Waals surface area contributed by atoms with Gasteiger partial charge in [0.1, 0.15) is 5.65 Å². The summed E-state index contributed by atoms with van der Waals surface area (Å²) in [5.41, 5.74) is 9.68. The molecule has 0 radical (unpaired) electrons. The average Bonchev–Trinajstić information content (AvgIpc) is 3.72. The SMILES string of the molecule is c1ccc(-c2c(-c3nnc(-c4ccc(N(c5ccccc5)c5ccccc5)cc4)o3)ccn3c2nc2ccccc23)cc1. The van der Waals surface area contributed by atoms with Gasteiger partial charge in [0.05, 0.1) is 16.6 Å². The highest BCUT2D eigenvalue weighted by molar-refractivity contribution is 5.94. The quantitative estimate of drug-likeness (QED) is 0.205. The summed E-state index contributed by atoms with van der Waals surface area (Å²) in [6, 6.07) is 49.3. The van der Waals surface area contributed by atoms with Crippen molar-refractivity contribution in [2.24, 2.45) is 0 Å². The van der Waals surface area contributed by atoms with Gasteiger partial charge < -0.3 is 9.32 Å². The van der Waals surface area contributed by atoms with Gasteiger partial charge >= 0.3 is 0 Å². The van der Waals surface area contributed by atoms with Crippen molar-refractivity contribution in [3.05, 3.63) is 152 Å². The van der Waals surface area contributed by atoms with Gasteiger partial charge in [-0.3, -0.25) is 4.40 Å². The summed E-state index contributed by atoms with van der Waals surface area (Å²) in [4.78, 5) is 7.21. The molecule has 43 heavy (non-hydrogen) atoms. The number of aromatic nitrogens is 4. The van der Waals surface area contributed by atoms with Gasteiger partial charge in [0.15, 0.2) is 0 Å². The lowest BCUT2D eigenvalue weighted by Gasteiger charge is -2.25. The molecule has 0 N–H and O–H groups in total. The molecule has 0 amide bonds. The summed E-state index contributed by atoms with van der Waals surface area (Å²) in [5, 5.41) is 8.95. The Morgan fingerprint density at radius 1 is 0.512 bits per heavy atom. The maximum Gasteiger partial charge on any atom is 0.248 e. The maximum atomic E-state index is 6.34. The lowest BCUT2D eigenvalue weighted by molar-refractivity contribution is 0.585. The molecule has 0 bridgehead atoms. The zero-order chi connectivity index (χ0) is 28.6. The zero-order valence-electron chi connectivity index (χ0n) is 23.1. The summed E-state index contributed by atoms with van der Waals surface area (Å²) in [7, 11) is 0. The van der Waals surface area contributed by atoms with Gasteiger partial charge in [-0.25, -0.2) is 4.98 Å². The number of nitrogens with zero attached hydrogens (tertiary/aromatic N) is 5. The summed E-state index contributed by atoms with van der Waals surface area (Å²) in [6.45, 7) is 0. The van der Waals surface area contributed by atoms with E-state index in [9.17, 15) is 0 Å². The van der Waals surface area contributed by atoms with E-state index < -0.39 is 0 Å². The van der Waals surface area contributed by atoms with Crippen LogP contribution in [0.1, 0.15) is 0 Å². The Hall–Kier alpha value is -6.01. The number of fused-ring (bicyclic) bond motifs is 3. The molecule has 3 heterocycles. The fourth-order valence-corrected chi connectivity index (χ4v) is 5.60. The molecule has 0 unspecified atom stereocenters. The van der Waals surface area contributed by atoms with E-state index in [4.69, 9.17) is 9.40 Å². The Morgan fingerprint density at radius 3 is 1.79 bits per heavy atom. The number of para-hydroxylation sites is 4. The molecule has 8 rings (SSSR count). The first kappa shape index (κ1) is 24.8. The summed E-state index contributed by atoms with van der Waals surface area (Å²) < 4.78 is 8.45. The Bertz CT molecular complexity index is 2130. The number of benzene rings is 5. The molecule has 8 aromatic rings. The predicted molar refractivity (Wildman–Crippen MR) is 172 cm³/mol. The smallest absolute Gasteiger partial charge is 0.248 e. The maximum absolute atomic E-state index is 6.34. The second-order valence-electron chi connectivity index (χ2n) is 10.2. The first-order valence-electron chi connectivity index (χ1n) is 14.1. The van der Waals surface area contributed by atoms with Crippen molar-refractivity contribution in [2.45, 2.75) is 0 Å². The van der Waals surface area contributed by atoms with Gasteiger partial charge in [0, 0.05) is 34.4 Å². The predicted octanol–water partition coefficient (Wildman–Crippen LogP) is 9.34. The van der Waals surface area contributed by atoms with E-state index in [0.717, 1.165) is 56.0 Å². The molecule has 204 valence electrons. The summed E-state index contributed by atoms with van der Waals surface area (Å²) in [6.07, 6.45) is 2.02. The van der Waals surface area contributed by atoms with Crippen molar-refractivity contribution < 1.29 is 4.42 Å². The van der Waals surface area contributed by atoms with Crippen LogP contribution in [0.4, 0.5) is 17.1 Å². The van der Waals surface area contributed by atoms with Gasteiger partial charge in [-0.15, -0.1) is 10.2 Å². The van der Waals surface area contributed by atoms with E-state index in [0.29, 0.717) is 11.8 Å². The summed E-state index contributed by atoms with van der Waals surface area (Å²) in [5.74, 6) is 0.905. The van der Waals surface area contributed by atoms with Crippen LogP contribution in [0.25, 0.3) is 50.7 Å². The molecule has 0 aliphatic heterocycles. The largest absolute Gasteiger partial charge is 0.416 e. The summed E-state index contributed by atoms with van der Waals surface area (Å²) >= 11 is 0. The van der Waals surface area contributed by atoms with Gasteiger partial charge in [-0.1, -0.05) is 78.9 Å². The molecule has 6 heteroatoms. The minimum Gasteiger partial charge on any atom is -0.416 e. The number of imidazole rings is 1. The molecule has 0 saturated heterocycles. The zero-order valence-corrected chi connectivity index (χ0v) is 23.1. The third kappa shape index (κ3) is 4.42. The molecular formula is C37H25N5O. The van der Waals surface area contributed by atoms with Gasteiger partial charge in [0.2, 0.25) is 11.8 Å². The number of hydrogen-bond acceptors (Lipinski definition) is 5. The van der Waals surface area contributed by atoms with Crippen LogP contribution < -0.4 is 4.90 Å². The van der Waals surface area contributed by atoms with Crippen molar-refractivity contribution in [1.82, 2.24) is 19.6 Å². The lowest BCUT2D eigenvalue weighted by Crippen LogP contribution is -2.09. The first-order chi connectivity index (χ1) is 21.3. The highest BCUT2D eigenvalue weighted by Crippen LogP contribution is 2.38. The van der Waals surface area contributed by atoms with Crippen molar-refractivity contribution in [2.75, 3.05) is 4.90 Å². The van der Waals surface area contributed by atoms with Crippen LogP contribution in [0, 0.1) is 0 Å². The van der Waals surface area contributed by atoms with Crippen molar-refractivity contribution in [1.29, 1.82) is 0 Å². The van der Waals surface area contributed by atoms with E-state index in [1.165, 1.54) is 0 Å². The normalized spacial score (nSPS) is 11.3. The highest BCUT2D eigenvalue weighted by atomic mass is 16.4.